The molecule has 168 valence electrons. The van der Waals surface area contributed by atoms with E-state index in [9.17, 15) is 13.2 Å². The number of esters is 1. The van der Waals surface area contributed by atoms with Gasteiger partial charge in [-0.1, -0.05) is 60.2 Å². The van der Waals surface area contributed by atoms with Gasteiger partial charge >= 0.3 is 16.1 Å². The van der Waals surface area contributed by atoms with Crippen LogP contribution in [-0.2, 0) is 32.6 Å². The van der Waals surface area contributed by atoms with Gasteiger partial charge in [0.2, 0.25) is 0 Å². The molecule has 0 saturated heterocycles. The Bertz CT molecular complexity index is 1110. The lowest BCUT2D eigenvalue weighted by molar-refractivity contribution is -0.145. The lowest BCUT2D eigenvalue weighted by atomic mass is 10.1. The number of nitrogens with one attached hydrogen (secondary N) is 1. The van der Waals surface area contributed by atoms with E-state index >= 15 is 0 Å². The van der Waals surface area contributed by atoms with Crippen LogP contribution in [0.15, 0.2) is 83.8 Å². The SMILES string of the molecule is CCOC(=O)[C@H](Cc1ccc(OS(=O)(=O)c2ccc(C)cc2)cc1)NCc1ccccc1. The summed E-state index contributed by atoms with van der Waals surface area (Å²) in [5.41, 5.74) is 2.88. The highest BCUT2D eigenvalue weighted by Gasteiger charge is 2.20. The van der Waals surface area contributed by atoms with Crippen LogP contribution in [0.25, 0.3) is 0 Å². The van der Waals surface area contributed by atoms with E-state index in [0.29, 0.717) is 19.6 Å². The van der Waals surface area contributed by atoms with E-state index < -0.39 is 16.2 Å². The van der Waals surface area contributed by atoms with Crippen molar-refractivity contribution in [3.05, 3.63) is 95.6 Å². The summed E-state index contributed by atoms with van der Waals surface area (Å²) in [5.74, 6) is -0.120. The minimum atomic E-state index is -3.91. The zero-order valence-electron chi connectivity index (χ0n) is 18.2. The van der Waals surface area contributed by atoms with Crippen LogP contribution in [0, 0.1) is 6.92 Å². The van der Waals surface area contributed by atoms with E-state index in [1.165, 1.54) is 12.1 Å². The number of hydrogen-bond donors (Lipinski definition) is 1. The molecule has 0 unspecified atom stereocenters. The van der Waals surface area contributed by atoms with Gasteiger partial charge in [0.1, 0.15) is 16.7 Å². The third kappa shape index (κ3) is 6.67. The molecule has 1 atom stereocenters. The molecule has 1 N–H and O–H groups in total. The number of rotatable bonds is 10. The van der Waals surface area contributed by atoms with Crippen molar-refractivity contribution < 1.29 is 22.1 Å². The van der Waals surface area contributed by atoms with Gasteiger partial charge in [-0.05, 0) is 55.7 Å². The fourth-order valence-electron chi connectivity index (χ4n) is 3.12. The van der Waals surface area contributed by atoms with Crippen molar-refractivity contribution in [2.75, 3.05) is 6.61 Å². The van der Waals surface area contributed by atoms with E-state index in [1.54, 1.807) is 43.3 Å². The molecule has 3 aromatic carbocycles. The van der Waals surface area contributed by atoms with E-state index in [2.05, 4.69) is 5.32 Å². The quantitative estimate of drug-likeness (QED) is 0.369. The zero-order chi connectivity index (χ0) is 23.0. The Balaban J connectivity index is 1.67. The van der Waals surface area contributed by atoms with Gasteiger partial charge in [0.25, 0.3) is 0 Å². The first kappa shape index (κ1) is 23.5. The number of carbonyl (C=O) groups excluding carboxylic acids is 1. The largest absolute Gasteiger partial charge is 0.465 e. The number of ether oxygens (including phenoxy) is 1. The zero-order valence-corrected chi connectivity index (χ0v) is 19.0. The van der Waals surface area contributed by atoms with Crippen molar-refractivity contribution >= 4 is 16.1 Å². The summed E-state index contributed by atoms with van der Waals surface area (Å²) in [6, 6.07) is 22.4. The smallest absolute Gasteiger partial charge is 0.339 e. The summed E-state index contributed by atoms with van der Waals surface area (Å²) in [6.45, 7) is 4.48. The molecule has 32 heavy (non-hydrogen) atoms. The van der Waals surface area contributed by atoms with Gasteiger partial charge in [0.15, 0.2) is 0 Å². The normalized spacial score (nSPS) is 12.2. The van der Waals surface area contributed by atoms with Crippen molar-refractivity contribution in [3.8, 4) is 5.75 Å². The van der Waals surface area contributed by atoms with Crippen LogP contribution in [0.3, 0.4) is 0 Å². The fraction of sp³-hybridized carbons (Fsp3) is 0.240. The van der Waals surface area contributed by atoms with Crippen LogP contribution < -0.4 is 9.50 Å². The number of hydrogen-bond acceptors (Lipinski definition) is 6. The highest BCUT2D eigenvalue weighted by molar-refractivity contribution is 7.87. The lowest BCUT2D eigenvalue weighted by Gasteiger charge is -2.18. The molecule has 3 rings (SSSR count). The molecular weight excluding hydrogens is 426 g/mol. The van der Waals surface area contributed by atoms with Gasteiger partial charge in [-0.3, -0.25) is 4.79 Å². The predicted molar refractivity (Wildman–Crippen MR) is 123 cm³/mol. The first-order chi connectivity index (χ1) is 15.4. The fourth-order valence-corrected chi connectivity index (χ4v) is 4.05. The summed E-state index contributed by atoms with van der Waals surface area (Å²) in [7, 11) is -3.91. The molecule has 3 aromatic rings. The van der Waals surface area contributed by atoms with Crippen LogP contribution in [-0.4, -0.2) is 27.0 Å². The van der Waals surface area contributed by atoms with E-state index in [-0.39, 0.29) is 16.6 Å². The van der Waals surface area contributed by atoms with Gasteiger partial charge < -0.3 is 14.2 Å². The van der Waals surface area contributed by atoms with Gasteiger partial charge in [-0.2, -0.15) is 8.42 Å². The molecule has 6 nitrogen and oxygen atoms in total. The number of aryl methyl sites for hydroxylation is 1. The number of carbonyl (C=O) groups is 1. The minimum Gasteiger partial charge on any atom is -0.465 e. The van der Waals surface area contributed by atoms with Crippen molar-refractivity contribution in [2.45, 2.75) is 37.8 Å². The predicted octanol–water partition coefficient (Wildman–Crippen LogP) is 4.03. The summed E-state index contributed by atoms with van der Waals surface area (Å²) in [5, 5.41) is 3.25. The van der Waals surface area contributed by atoms with Crippen LogP contribution in [0.4, 0.5) is 0 Å². The first-order valence-corrected chi connectivity index (χ1v) is 11.8. The van der Waals surface area contributed by atoms with Gasteiger partial charge in [-0.25, -0.2) is 0 Å². The maximum absolute atomic E-state index is 12.5. The van der Waals surface area contributed by atoms with Gasteiger partial charge in [0, 0.05) is 6.54 Å². The van der Waals surface area contributed by atoms with Crippen LogP contribution in [0.1, 0.15) is 23.6 Å². The molecule has 0 aliphatic carbocycles. The Morgan fingerprint density at radius 3 is 2.19 bits per heavy atom. The number of benzene rings is 3. The summed E-state index contributed by atoms with van der Waals surface area (Å²) >= 11 is 0. The molecule has 0 aliphatic rings. The molecule has 0 heterocycles. The molecule has 0 aliphatic heterocycles. The minimum absolute atomic E-state index is 0.0969. The molecule has 0 fully saturated rings. The molecule has 0 radical (unpaired) electrons. The van der Waals surface area contributed by atoms with Crippen molar-refractivity contribution in [1.82, 2.24) is 5.32 Å². The third-order valence-corrected chi connectivity index (χ3v) is 6.11. The molecule has 0 amide bonds. The Kier molecular flexibility index (Phi) is 8.03. The van der Waals surface area contributed by atoms with Gasteiger partial charge in [0.05, 0.1) is 6.61 Å². The third-order valence-electron chi connectivity index (χ3n) is 4.85. The Hall–Kier alpha value is -3.16. The van der Waals surface area contributed by atoms with Crippen molar-refractivity contribution in [1.29, 1.82) is 0 Å². The molecule has 0 aromatic heterocycles. The van der Waals surface area contributed by atoms with Crippen molar-refractivity contribution in [2.24, 2.45) is 0 Å². The second kappa shape index (κ2) is 10.9. The molecule has 0 bridgehead atoms. The average Bonchev–Trinajstić information content (AvgIpc) is 2.78. The standard InChI is InChI=1S/C25H27NO5S/c1-3-30-25(27)24(26-18-21-7-5-4-6-8-21)17-20-11-13-22(14-12-20)31-32(28,29)23-15-9-19(2)10-16-23/h4-16,24,26H,3,17-18H2,1-2H3/t24-/m0/s1. The summed E-state index contributed by atoms with van der Waals surface area (Å²) < 4.78 is 35.4. The average molecular weight is 454 g/mol. The summed E-state index contributed by atoms with van der Waals surface area (Å²) in [6.07, 6.45) is 0.399. The molecule has 0 spiro atoms. The van der Waals surface area contributed by atoms with Crippen LogP contribution >= 0.6 is 0 Å². The maximum atomic E-state index is 12.5. The molecular formula is C25H27NO5S. The Morgan fingerprint density at radius 1 is 0.906 bits per heavy atom. The molecule has 0 saturated carbocycles. The van der Waals surface area contributed by atoms with E-state index in [1.807, 2.05) is 37.3 Å². The van der Waals surface area contributed by atoms with Crippen LogP contribution in [0.5, 0.6) is 5.75 Å². The second-order valence-electron chi connectivity index (χ2n) is 7.37. The molecule has 7 heteroatoms. The van der Waals surface area contributed by atoms with Crippen molar-refractivity contribution in [3.63, 3.8) is 0 Å². The lowest BCUT2D eigenvalue weighted by Crippen LogP contribution is -2.39. The highest BCUT2D eigenvalue weighted by atomic mass is 32.2. The topological polar surface area (TPSA) is 81.7 Å². The summed E-state index contributed by atoms with van der Waals surface area (Å²) in [4.78, 5) is 12.5. The van der Waals surface area contributed by atoms with Crippen LogP contribution in [0.2, 0.25) is 0 Å². The highest BCUT2D eigenvalue weighted by Crippen LogP contribution is 2.20. The monoisotopic (exact) mass is 453 g/mol. The van der Waals surface area contributed by atoms with E-state index in [0.717, 1.165) is 16.7 Å². The maximum Gasteiger partial charge on any atom is 0.339 e. The Morgan fingerprint density at radius 2 is 1.56 bits per heavy atom. The first-order valence-electron chi connectivity index (χ1n) is 10.4. The Labute approximate surface area is 189 Å². The van der Waals surface area contributed by atoms with E-state index in [4.69, 9.17) is 8.92 Å². The van der Waals surface area contributed by atoms with Gasteiger partial charge in [-0.15, -0.1) is 0 Å². The second-order valence-corrected chi connectivity index (χ2v) is 8.92.